The average Bonchev–Trinajstić information content (AvgIpc) is 3.07. The molecule has 4 heterocycles. The van der Waals surface area contributed by atoms with Gasteiger partial charge in [-0.05, 0) is 19.9 Å². The van der Waals surface area contributed by atoms with E-state index in [1.165, 1.54) is 4.68 Å². The maximum atomic E-state index is 12.6. The molecule has 0 saturated carbocycles. The number of hydrogen-bond acceptors (Lipinski definition) is 6. The molecule has 0 radical (unpaired) electrons. The molecule has 0 atom stereocenters. The molecule has 0 aliphatic carbocycles. The summed E-state index contributed by atoms with van der Waals surface area (Å²) >= 11 is 0. The fourth-order valence-corrected chi connectivity index (χ4v) is 2.36. The molecule has 104 valence electrons. The fourth-order valence-electron chi connectivity index (χ4n) is 2.36. The Balaban J connectivity index is 2.12. The van der Waals surface area contributed by atoms with E-state index in [0.717, 1.165) is 0 Å². The van der Waals surface area contributed by atoms with Gasteiger partial charge >= 0.3 is 0 Å². The van der Waals surface area contributed by atoms with Crippen LogP contribution in [-0.4, -0.2) is 39.4 Å². The first kappa shape index (κ1) is 11.7. The Morgan fingerprint density at radius 3 is 2.52 bits per heavy atom. The Morgan fingerprint density at radius 1 is 1.00 bits per heavy atom. The van der Waals surface area contributed by atoms with Crippen molar-refractivity contribution in [3.8, 4) is 0 Å². The fraction of sp³-hybridized carbons (Fsp3) is 0.167. The molecule has 9 heteroatoms. The molecule has 4 aromatic rings. The molecule has 0 unspecified atom stereocenters. The van der Waals surface area contributed by atoms with Crippen molar-refractivity contribution < 1.29 is 0 Å². The first-order valence-corrected chi connectivity index (χ1v) is 6.28. The molecular weight excluding hydrogens is 272 g/mol. The Kier molecular flexibility index (Phi) is 2.20. The van der Waals surface area contributed by atoms with Crippen LogP contribution in [0.25, 0.3) is 16.7 Å². The lowest BCUT2D eigenvalue weighted by Crippen LogP contribution is -2.28. The average molecular weight is 282 g/mol. The van der Waals surface area contributed by atoms with Gasteiger partial charge in [-0.25, -0.2) is 13.9 Å². The lowest BCUT2D eigenvalue weighted by Gasteiger charge is -2.10. The third-order valence-corrected chi connectivity index (χ3v) is 3.30. The Bertz CT molecular complexity index is 1020. The van der Waals surface area contributed by atoms with Crippen molar-refractivity contribution in [2.75, 3.05) is 0 Å². The SMILES string of the molecule is Cc1nnc(C)n1-n1ccc2c(nnc3ccnn32)c1=O. The summed E-state index contributed by atoms with van der Waals surface area (Å²) in [7, 11) is 0. The van der Waals surface area contributed by atoms with E-state index in [9.17, 15) is 4.79 Å². The van der Waals surface area contributed by atoms with Gasteiger partial charge in [-0.3, -0.25) is 4.79 Å². The van der Waals surface area contributed by atoms with Crippen LogP contribution in [0.1, 0.15) is 11.6 Å². The largest absolute Gasteiger partial charge is 0.299 e. The van der Waals surface area contributed by atoms with Crippen LogP contribution < -0.4 is 5.56 Å². The normalized spacial score (nSPS) is 11.5. The van der Waals surface area contributed by atoms with Gasteiger partial charge in [0.05, 0.1) is 6.20 Å². The maximum absolute atomic E-state index is 12.6. The first-order chi connectivity index (χ1) is 10.2. The van der Waals surface area contributed by atoms with Crippen LogP contribution in [-0.2, 0) is 0 Å². The molecule has 0 saturated heterocycles. The van der Waals surface area contributed by atoms with Gasteiger partial charge in [0.25, 0.3) is 5.56 Å². The van der Waals surface area contributed by atoms with Crippen LogP contribution in [0.4, 0.5) is 0 Å². The number of aromatic nitrogens is 8. The highest BCUT2D eigenvalue weighted by Gasteiger charge is 2.13. The van der Waals surface area contributed by atoms with Crippen molar-refractivity contribution >= 4 is 16.7 Å². The van der Waals surface area contributed by atoms with Gasteiger partial charge in [-0.1, -0.05) is 0 Å². The van der Waals surface area contributed by atoms with E-state index in [4.69, 9.17) is 0 Å². The van der Waals surface area contributed by atoms with Crippen LogP contribution in [0.5, 0.6) is 0 Å². The second-order valence-electron chi connectivity index (χ2n) is 4.61. The smallest absolute Gasteiger partial charge is 0.265 e. The van der Waals surface area contributed by atoms with Gasteiger partial charge in [-0.2, -0.15) is 5.10 Å². The highest BCUT2D eigenvalue weighted by atomic mass is 16.1. The van der Waals surface area contributed by atoms with Gasteiger partial charge in [0, 0.05) is 12.3 Å². The summed E-state index contributed by atoms with van der Waals surface area (Å²) < 4.78 is 4.62. The molecule has 0 aliphatic rings. The Labute approximate surface area is 117 Å². The van der Waals surface area contributed by atoms with Crippen LogP contribution in [0.2, 0.25) is 0 Å². The lowest BCUT2D eigenvalue weighted by atomic mass is 10.4. The number of hydrogen-bond donors (Lipinski definition) is 0. The predicted octanol–water partition coefficient (Wildman–Crippen LogP) is -0.0411. The van der Waals surface area contributed by atoms with E-state index in [1.807, 2.05) is 0 Å². The van der Waals surface area contributed by atoms with E-state index in [2.05, 4.69) is 25.5 Å². The molecule has 21 heavy (non-hydrogen) atoms. The minimum Gasteiger partial charge on any atom is -0.265 e. The van der Waals surface area contributed by atoms with Gasteiger partial charge < -0.3 is 0 Å². The minimum absolute atomic E-state index is 0.237. The standard InChI is InChI=1S/C12H10N8O/c1-7-14-15-8(2)20(7)18-6-4-9-11(12(18)21)17-16-10-3-5-13-19(9)10/h3-6H,1-2H3. The van der Waals surface area contributed by atoms with Crippen molar-refractivity contribution in [1.82, 2.24) is 39.4 Å². The van der Waals surface area contributed by atoms with E-state index >= 15 is 0 Å². The zero-order chi connectivity index (χ0) is 14.6. The van der Waals surface area contributed by atoms with Gasteiger partial charge in [0.2, 0.25) is 0 Å². The molecule has 0 N–H and O–H groups in total. The summed E-state index contributed by atoms with van der Waals surface area (Å²) in [6.45, 7) is 3.55. The van der Waals surface area contributed by atoms with Crippen molar-refractivity contribution in [1.29, 1.82) is 0 Å². The van der Waals surface area contributed by atoms with Gasteiger partial charge in [0.1, 0.15) is 17.2 Å². The van der Waals surface area contributed by atoms with Crippen LogP contribution >= 0.6 is 0 Å². The molecule has 0 aromatic carbocycles. The van der Waals surface area contributed by atoms with Crippen LogP contribution in [0, 0.1) is 13.8 Å². The van der Waals surface area contributed by atoms with Crippen molar-refractivity contribution in [3.63, 3.8) is 0 Å². The molecule has 9 nitrogen and oxygen atoms in total. The summed E-state index contributed by atoms with van der Waals surface area (Å²) in [6, 6.07) is 3.50. The number of pyridine rings is 1. The topological polar surface area (TPSA) is 95.8 Å². The minimum atomic E-state index is -0.302. The quantitative estimate of drug-likeness (QED) is 0.486. The predicted molar refractivity (Wildman–Crippen MR) is 72.8 cm³/mol. The molecule has 4 rings (SSSR count). The number of aryl methyl sites for hydroxylation is 2. The summed E-state index contributed by atoms with van der Waals surface area (Å²) in [6.07, 6.45) is 3.26. The molecular formula is C12H10N8O. The molecule has 0 fully saturated rings. The van der Waals surface area contributed by atoms with Crippen LogP contribution in [0.3, 0.4) is 0 Å². The first-order valence-electron chi connectivity index (χ1n) is 6.28. The molecule has 0 aliphatic heterocycles. The monoisotopic (exact) mass is 282 g/mol. The van der Waals surface area contributed by atoms with Crippen molar-refractivity contribution in [3.05, 3.63) is 46.5 Å². The maximum Gasteiger partial charge on any atom is 0.299 e. The van der Waals surface area contributed by atoms with E-state index in [0.29, 0.717) is 22.8 Å². The van der Waals surface area contributed by atoms with E-state index < -0.39 is 0 Å². The number of fused-ring (bicyclic) bond motifs is 3. The molecule has 4 aromatic heterocycles. The summed E-state index contributed by atoms with van der Waals surface area (Å²) in [5, 5.41) is 20.1. The number of nitrogens with zero attached hydrogens (tertiary/aromatic N) is 8. The summed E-state index contributed by atoms with van der Waals surface area (Å²) in [4.78, 5) is 12.6. The van der Waals surface area contributed by atoms with E-state index in [1.54, 1.807) is 47.6 Å². The highest BCUT2D eigenvalue weighted by Crippen LogP contribution is 2.09. The zero-order valence-corrected chi connectivity index (χ0v) is 11.3. The summed E-state index contributed by atoms with van der Waals surface area (Å²) in [5.74, 6) is 1.23. The molecule has 0 amide bonds. The Hall–Kier alpha value is -3.10. The van der Waals surface area contributed by atoms with Crippen molar-refractivity contribution in [2.45, 2.75) is 13.8 Å². The second-order valence-corrected chi connectivity index (χ2v) is 4.61. The van der Waals surface area contributed by atoms with Crippen LogP contribution in [0.15, 0.2) is 29.3 Å². The third-order valence-electron chi connectivity index (χ3n) is 3.30. The third kappa shape index (κ3) is 1.51. The van der Waals surface area contributed by atoms with Gasteiger partial charge in [-0.15, -0.1) is 20.4 Å². The summed E-state index contributed by atoms with van der Waals surface area (Å²) in [5.41, 5.74) is 1.13. The zero-order valence-electron chi connectivity index (χ0n) is 11.3. The molecule has 0 bridgehead atoms. The Morgan fingerprint density at radius 2 is 1.76 bits per heavy atom. The van der Waals surface area contributed by atoms with E-state index in [-0.39, 0.29) is 11.1 Å². The van der Waals surface area contributed by atoms with Gasteiger partial charge in [0.15, 0.2) is 11.2 Å². The second kappa shape index (κ2) is 3.95. The lowest BCUT2D eigenvalue weighted by molar-refractivity contribution is 0.593. The highest BCUT2D eigenvalue weighted by molar-refractivity contribution is 5.74. The van der Waals surface area contributed by atoms with Crippen molar-refractivity contribution in [2.24, 2.45) is 0 Å². The number of rotatable bonds is 1. The molecule has 0 spiro atoms.